The van der Waals surface area contributed by atoms with Gasteiger partial charge in [-0.15, -0.1) is 0 Å². The number of urea groups is 1. The van der Waals surface area contributed by atoms with Gasteiger partial charge in [-0.1, -0.05) is 38.1 Å². The Hall–Kier alpha value is -8.19. The van der Waals surface area contributed by atoms with Crippen LogP contribution in [0.25, 0.3) is 11.1 Å². The number of primary amides is 1. The molecule has 8 rings (SSSR count). The average Bonchev–Trinajstić information content (AvgIpc) is 3.99. The molecule has 0 saturated carbocycles. The van der Waals surface area contributed by atoms with Crippen LogP contribution in [0.3, 0.4) is 0 Å². The van der Waals surface area contributed by atoms with Crippen LogP contribution in [0.2, 0.25) is 0 Å². The zero-order valence-corrected chi connectivity index (χ0v) is 44.2. The molecule has 0 bridgehead atoms. The molecule has 0 unspecified atom stereocenters. The van der Waals surface area contributed by atoms with Crippen LogP contribution in [-0.2, 0) is 9.59 Å². The van der Waals surface area contributed by atoms with Gasteiger partial charge < -0.3 is 60.5 Å². The Morgan fingerprint density at radius 2 is 1.21 bits per heavy atom. The Morgan fingerprint density at radius 3 is 1.67 bits per heavy atom. The second-order valence-corrected chi connectivity index (χ2v) is 20.3. The van der Waals surface area contributed by atoms with Crippen molar-refractivity contribution in [1.29, 1.82) is 0 Å². The summed E-state index contributed by atoms with van der Waals surface area (Å²) in [6, 6.07) is 19.1. The van der Waals surface area contributed by atoms with Crippen molar-refractivity contribution in [3.8, 4) is 28.7 Å². The molecule has 6 N–H and O–H groups in total. The number of fused-ring (bicyclic) bond motifs is 4. The van der Waals surface area contributed by atoms with E-state index in [1.54, 1.807) is 65.7 Å². The molecule has 19 heteroatoms. The van der Waals surface area contributed by atoms with Crippen molar-refractivity contribution in [3.05, 3.63) is 107 Å². The van der Waals surface area contributed by atoms with Crippen LogP contribution in [0.15, 0.2) is 95.2 Å². The third-order valence-electron chi connectivity index (χ3n) is 13.4. The summed E-state index contributed by atoms with van der Waals surface area (Å²) in [7, 11) is 4.66. The average molecular weight is 1040 g/mol. The van der Waals surface area contributed by atoms with Crippen molar-refractivity contribution in [3.63, 3.8) is 0 Å². The Balaban J connectivity index is 0.865. The quantitative estimate of drug-likeness (QED) is 0.0505. The summed E-state index contributed by atoms with van der Waals surface area (Å²) in [5.41, 5.74) is 10.9. The van der Waals surface area contributed by atoms with E-state index >= 15 is 0 Å². The van der Waals surface area contributed by atoms with Crippen LogP contribution in [-0.4, -0.2) is 123 Å². The largest absolute Gasteiger partial charge is 0.497 e. The van der Waals surface area contributed by atoms with E-state index in [0.717, 1.165) is 28.0 Å². The number of aliphatic imine (C=N–C) groups is 2. The van der Waals surface area contributed by atoms with E-state index in [-0.39, 0.29) is 67.4 Å². The third-order valence-corrected chi connectivity index (χ3v) is 13.4. The number of benzene rings is 4. The van der Waals surface area contributed by atoms with E-state index in [1.165, 1.54) is 14.2 Å². The van der Waals surface area contributed by atoms with Gasteiger partial charge in [-0.3, -0.25) is 29.2 Å². The fraction of sp³-hybridized carbons (Fsp3) is 0.386. The van der Waals surface area contributed by atoms with Gasteiger partial charge in [-0.05, 0) is 98.2 Å². The van der Waals surface area contributed by atoms with Gasteiger partial charge in [0.1, 0.15) is 11.8 Å². The van der Waals surface area contributed by atoms with Crippen LogP contribution in [0.1, 0.15) is 98.6 Å². The first-order valence-corrected chi connectivity index (χ1v) is 25.4. The number of anilines is 1. The highest BCUT2D eigenvalue weighted by Crippen LogP contribution is 2.42. The topological polar surface area (TPSA) is 237 Å². The van der Waals surface area contributed by atoms with Gasteiger partial charge in [0.2, 0.25) is 11.8 Å². The molecule has 0 saturated heterocycles. The summed E-state index contributed by atoms with van der Waals surface area (Å²) in [6.07, 6.45) is 9.53. The zero-order valence-electron chi connectivity index (χ0n) is 44.2. The van der Waals surface area contributed by atoms with Crippen molar-refractivity contribution < 1.29 is 47.7 Å². The lowest BCUT2D eigenvalue weighted by Crippen LogP contribution is -2.57. The van der Waals surface area contributed by atoms with Crippen LogP contribution in [0.5, 0.6) is 28.7 Å². The van der Waals surface area contributed by atoms with E-state index in [4.69, 9.17) is 39.4 Å². The standard InChI is InChI=1S/C57H67N9O10/c1-33(2)51(64-57(3,4)5)53(68)63-44(11-9-20-59-56(58)71)52(67)62-38-16-12-34(13-17-38)36-23-39-29-60-45-27-49(47(73-7)25-42(45)54(69)65(39)31-36)75-21-10-22-76-50-28-46-43(26-48(50)74-8)55(70)66-32-37(24-40(66)30-61-46)35-14-18-41(72-6)19-15-35/h12-19,25-33,39-40,44,51,64H,9-11,20-24H2,1-8H3,(H,62,67)(H,63,68)(H3,58,59,71)/t39-,40-,44-,51-/m0/s1. The number of ether oxygens (including phenoxy) is 5. The second-order valence-electron chi connectivity index (χ2n) is 20.3. The van der Waals surface area contributed by atoms with Crippen molar-refractivity contribution >= 4 is 70.3 Å². The fourth-order valence-electron chi connectivity index (χ4n) is 9.42. The molecule has 76 heavy (non-hydrogen) atoms. The molecule has 4 aromatic carbocycles. The van der Waals surface area contributed by atoms with E-state index in [0.29, 0.717) is 76.9 Å². The molecule has 0 aromatic heterocycles. The summed E-state index contributed by atoms with van der Waals surface area (Å²) in [6.45, 7) is 10.6. The van der Waals surface area contributed by atoms with E-state index in [2.05, 4.69) is 21.3 Å². The number of carbonyl (C=O) groups is 5. The summed E-state index contributed by atoms with van der Waals surface area (Å²) in [4.78, 5) is 79.3. The highest BCUT2D eigenvalue weighted by Gasteiger charge is 2.36. The molecule has 4 heterocycles. The van der Waals surface area contributed by atoms with Crippen LogP contribution in [0, 0.1) is 5.92 Å². The van der Waals surface area contributed by atoms with Gasteiger partial charge in [0.25, 0.3) is 11.8 Å². The molecule has 4 aromatic rings. The monoisotopic (exact) mass is 1040 g/mol. The molecule has 19 nitrogen and oxygen atoms in total. The van der Waals surface area contributed by atoms with Crippen molar-refractivity contribution in [1.82, 2.24) is 25.8 Å². The molecule has 4 atom stereocenters. The van der Waals surface area contributed by atoms with Crippen molar-refractivity contribution in [2.24, 2.45) is 21.6 Å². The van der Waals surface area contributed by atoms with Gasteiger partial charge in [0.15, 0.2) is 23.0 Å². The fourth-order valence-corrected chi connectivity index (χ4v) is 9.42. The molecular weight excluding hydrogens is 971 g/mol. The predicted octanol–water partition coefficient (Wildman–Crippen LogP) is 7.79. The van der Waals surface area contributed by atoms with Crippen LogP contribution < -0.4 is 50.7 Å². The molecule has 400 valence electrons. The van der Waals surface area contributed by atoms with Gasteiger partial charge in [0.05, 0.1) is 75.2 Å². The maximum absolute atomic E-state index is 14.1. The summed E-state index contributed by atoms with van der Waals surface area (Å²) < 4.78 is 29.0. The molecule has 0 spiro atoms. The molecule has 0 aliphatic carbocycles. The molecule has 4 aliphatic heterocycles. The number of nitrogens with two attached hydrogens (primary N) is 1. The number of carbonyl (C=O) groups excluding carboxylic acids is 5. The first-order chi connectivity index (χ1) is 36.4. The maximum atomic E-state index is 14.1. The third kappa shape index (κ3) is 12.7. The minimum Gasteiger partial charge on any atom is -0.497 e. The second kappa shape index (κ2) is 23.6. The molecular formula is C57H67N9O10. The smallest absolute Gasteiger partial charge is 0.312 e. The highest BCUT2D eigenvalue weighted by molar-refractivity contribution is 6.07. The van der Waals surface area contributed by atoms with E-state index in [9.17, 15) is 24.0 Å². The highest BCUT2D eigenvalue weighted by atomic mass is 16.5. The number of nitrogens with one attached hydrogen (secondary N) is 4. The normalized spacial score (nSPS) is 17.2. The summed E-state index contributed by atoms with van der Waals surface area (Å²) >= 11 is 0. The number of nitrogens with zero attached hydrogens (tertiary/aromatic N) is 4. The van der Waals surface area contributed by atoms with E-state index < -0.39 is 24.0 Å². The van der Waals surface area contributed by atoms with Crippen LogP contribution >= 0.6 is 0 Å². The molecule has 4 aliphatic rings. The number of hydrogen-bond donors (Lipinski definition) is 5. The maximum Gasteiger partial charge on any atom is 0.312 e. The number of hydrogen-bond acceptors (Lipinski definition) is 13. The van der Waals surface area contributed by atoms with Crippen molar-refractivity contribution in [2.75, 3.05) is 46.4 Å². The first-order valence-electron chi connectivity index (χ1n) is 25.4. The zero-order chi connectivity index (χ0) is 54.3. The Morgan fingerprint density at radius 1 is 0.697 bits per heavy atom. The minimum atomic E-state index is -0.885. The Labute approximate surface area is 442 Å². The lowest BCUT2D eigenvalue weighted by atomic mass is 9.98. The van der Waals surface area contributed by atoms with Crippen molar-refractivity contribution in [2.45, 2.75) is 96.4 Å². The SMILES string of the molecule is COc1ccc(C2=CN3C(=O)c4cc(OC)c(OCCCOc5cc6c(cc5OC)C(=O)N5C=C(c7ccc(NC(=O)[C@H](CCCNC(N)=O)NC(=O)[C@@H](NC(C)(C)C)C(C)C)cc7)C[C@H]5C=N6)cc4N=C[C@@H]3C2)cc1. The first kappa shape index (κ1) is 54.1. The molecule has 6 amide bonds. The van der Waals surface area contributed by atoms with Gasteiger partial charge >= 0.3 is 6.03 Å². The summed E-state index contributed by atoms with van der Waals surface area (Å²) in [5.74, 6) is 1.22. The van der Waals surface area contributed by atoms with Gasteiger partial charge in [-0.2, -0.15) is 0 Å². The minimum absolute atomic E-state index is 0.0467. The number of amides is 6. The predicted molar refractivity (Wildman–Crippen MR) is 291 cm³/mol. The van der Waals surface area contributed by atoms with E-state index in [1.807, 2.05) is 83.4 Å². The molecule has 0 fully saturated rings. The van der Waals surface area contributed by atoms with Gasteiger partial charge in [0, 0.05) is 74.0 Å². The summed E-state index contributed by atoms with van der Waals surface area (Å²) in [5, 5.41) is 11.7. The lowest BCUT2D eigenvalue weighted by Gasteiger charge is -2.31. The number of rotatable bonds is 21. The Kier molecular flexibility index (Phi) is 16.8. The van der Waals surface area contributed by atoms with Gasteiger partial charge in [-0.25, -0.2) is 4.79 Å². The lowest BCUT2D eigenvalue weighted by molar-refractivity contribution is -0.129. The Bertz CT molecular complexity index is 2960. The molecule has 0 radical (unpaired) electrons. The number of methoxy groups -OCH3 is 3. The van der Waals surface area contributed by atoms with Crippen LogP contribution in [0.4, 0.5) is 21.9 Å².